The maximum atomic E-state index is 11.7. The van der Waals surface area contributed by atoms with Crippen molar-refractivity contribution in [2.45, 2.75) is 4.90 Å². The predicted molar refractivity (Wildman–Crippen MR) is 102 cm³/mol. The first-order chi connectivity index (χ1) is 12.4. The molecule has 4 rings (SSSR count). The summed E-state index contributed by atoms with van der Waals surface area (Å²) in [7, 11) is -3.25. The van der Waals surface area contributed by atoms with Gasteiger partial charge in [-0.05, 0) is 30.3 Å². The summed E-state index contributed by atoms with van der Waals surface area (Å²) in [5.41, 5.74) is 3.35. The van der Waals surface area contributed by atoms with Crippen LogP contribution in [0.3, 0.4) is 0 Å². The fourth-order valence-electron chi connectivity index (χ4n) is 2.83. The minimum absolute atomic E-state index is 0.274. The van der Waals surface area contributed by atoms with Gasteiger partial charge in [0.15, 0.2) is 9.84 Å². The van der Waals surface area contributed by atoms with Crippen molar-refractivity contribution >= 4 is 27.2 Å². The first-order valence-electron chi connectivity index (χ1n) is 7.83. The maximum Gasteiger partial charge on any atom is 0.234 e. The molecule has 0 saturated carbocycles. The molecule has 0 atom stereocenters. The molecule has 0 aliphatic rings. The van der Waals surface area contributed by atoms with Crippen LogP contribution in [0.4, 0.5) is 0 Å². The van der Waals surface area contributed by atoms with E-state index in [0.717, 1.165) is 22.5 Å². The van der Waals surface area contributed by atoms with Crippen LogP contribution in [-0.4, -0.2) is 29.0 Å². The van der Waals surface area contributed by atoms with E-state index in [0.29, 0.717) is 10.8 Å². The summed E-state index contributed by atoms with van der Waals surface area (Å²) >= 11 is 6.02. The standard InChI is InChI=1S/C19H14ClN3O2S/c1-26(24,25)16-9-5-13(6-10-16)17-18(14-3-7-15(20)8-4-14)23-12-2-11-21-19(23)22-17/h2-12H,1H3. The highest BCUT2D eigenvalue weighted by molar-refractivity contribution is 7.90. The molecule has 7 heteroatoms. The van der Waals surface area contributed by atoms with E-state index < -0.39 is 9.84 Å². The maximum absolute atomic E-state index is 11.7. The van der Waals surface area contributed by atoms with Gasteiger partial charge in [0.25, 0.3) is 0 Å². The molecule has 2 heterocycles. The SMILES string of the molecule is CS(=O)(=O)c1ccc(-c2nc3ncccn3c2-c2ccc(Cl)cc2)cc1. The van der Waals surface area contributed by atoms with E-state index in [2.05, 4.69) is 9.97 Å². The molecule has 2 aromatic carbocycles. The second kappa shape index (κ2) is 6.23. The summed E-state index contributed by atoms with van der Waals surface area (Å²) in [6.07, 6.45) is 4.77. The Morgan fingerprint density at radius 1 is 0.962 bits per heavy atom. The molecule has 2 aromatic heterocycles. The van der Waals surface area contributed by atoms with Crippen molar-refractivity contribution in [2.75, 3.05) is 6.26 Å². The van der Waals surface area contributed by atoms with Gasteiger partial charge >= 0.3 is 0 Å². The molecule has 0 spiro atoms. The van der Waals surface area contributed by atoms with E-state index >= 15 is 0 Å². The van der Waals surface area contributed by atoms with Crippen molar-refractivity contribution in [1.29, 1.82) is 0 Å². The number of benzene rings is 2. The fourth-order valence-corrected chi connectivity index (χ4v) is 3.59. The van der Waals surface area contributed by atoms with Gasteiger partial charge in [0.1, 0.15) is 0 Å². The van der Waals surface area contributed by atoms with Gasteiger partial charge in [-0.25, -0.2) is 18.4 Å². The quantitative estimate of drug-likeness (QED) is 0.533. The number of fused-ring (bicyclic) bond motifs is 1. The molecule has 0 saturated heterocycles. The third-order valence-electron chi connectivity index (χ3n) is 4.08. The molecule has 26 heavy (non-hydrogen) atoms. The summed E-state index contributed by atoms with van der Waals surface area (Å²) in [5, 5.41) is 0.653. The highest BCUT2D eigenvalue weighted by Gasteiger charge is 2.17. The lowest BCUT2D eigenvalue weighted by molar-refractivity contribution is 0.602. The van der Waals surface area contributed by atoms with Crippen LogP contribution in [0.1, 0.15) is 0 Å². The largest absolute Gasteiger partial charge is 0.283 e. The second-order valence-corrected chi connectivity index (χ2v) is 8.35. The highest BCUT2D eigenvalue weighted by atomic mass is 35.5. The number of imidazole rings is 1. The Morgan fingerprint density at radius 3 is 2.27 bits per heavy atom. The van der Waals surface area contributed by atoms with Crippen LogP contribution in [-0.2, 0) is 9.84 Å². The van der Waals surface area contributed by atoms with Crippen LogP contribution in [0.5, 0.6) is 0 Å². The van der Waals surface area contributed by atoms with Crippen molar-refractivity contribution in [3.63, 3.8) is 0 Å². The van der Waals surface area contributed by atoms with Gasteiger partial charge < -0.3 is 0 Å². The molecular formula is C19H14ClN3O2S. The molecule has 0 bridgehead atoms. The number of hydrogen-bond donors (Lipinski definition) is 0. The van der Waals surface area contributed by atoms with Gasteiger partial charge in [0.05, 0.1) is 16.3 Å². The van der Waals surface area contributed by atoms with Crippen LogP contribution in [0.25, 0.3) is 28.3 Å². The van der Waals surface area contributed by atoms with Gasteiger partial charge in [-0.2, -0.15) is 0 Å². The molecule has 5 nitrogen and oxygen atoms in total. The van der Waals surface area contributed by atoms with Gasteiger partial charge in [-0.3, -0.25) is 4.40 Å². The van der Waals surface area contributed by atoms with Crippen molar-refractivity contribution in [1.82, 2.24) is 14.4 Å². The summed E-state index contributed by atoms with van der Waals surface area (Å²) in [6.45, 7) is 0. The zero-order chi connectivity index (χ0) is 18.3. The zero-order valence-corrected chi connectivity index (χ0v) is 15.4. The first kappa shape index (κ1) is 16.8. The number of hydrogen-bond acceptors (Lipinski definition) is 4. The van der Waals surface area contributed by atoms with Crippen molar-refractivity contribution < 1.29 is 8.42 Å². The Bertz CT molecular complexity index is 1200. The van der Waals surface area contributed by atoms with E-state index in [1.165, 1.54) is 6.26 Å². The second-order valence-electron chi connectivity index (χ2n) is 5.90. The Hall–Kier alpha value is -2.70. The molecule has 130 valence electrons. The summed E-state index contributed by atoms with van der Waals surface area (Å²) < 4.78 is 25.3. The van der Waals surface area contributed by atoms with E-state index in [4.69, 9.17) is 11.6 Å². The third kappa shape index (κ3) is 2.98. The minimum atomic E-state index is -3.25. The van der Waals surface area contributed by atoms with Crippen LogP contribution in [0.2, 0.25) is 5.02 Å². The molecule has 0 aliphatic heterocycles. The van der Waals surface area contributed by atoms with Gasteiger partial charge in [-0.15, -0.1) is 0 Å². The number of rotatable bonds is 3. The van der Waals surface area contributed by atoms with Crippen LogP contribution in [0, 0.1) is 0 Å². The van der Waals surface area contributed by atoms with Gasteiger partial charge in [-0.1, -0.05) is 35.9 Å². The average molecular weight is 384 g/mol. The van der Waals surface area contributed by atoms with E-state index in [9.17, 15) is 8.42 Å². The van der Waals surface area contributed by atoms with Crippen molar-refractivity contribution in [2.24, 2.45) is 0 Å². The average Bonchev–Trinajstić information content (AvgIpc) is 3.01. The summed E-state index contributed by atoms with van der Waals surface area (Å²) in [6, 6.07) is 16.0. The van der Waals surface area contributed by atoms with E-state index in [1.54, 1.807) is 30.5 Å². The minimum Gasteiger partial charge on any atom is -0.283 e. The third-order valence-corrected chi connectivity index (χ3v) is 5.46. The molecule has 0 N–H and O–H groups in total. The molecule has 4 aromatic rings. The van der Waals surface area contributed by atoms with E-state index in [-0.39, 0.29) is 4.90 Å². The Balaban J connectivity index is 1.95. The molecule has 0 aliphatic carbocycles. The predicted octanol–water partition coefficient (Wildman–Crippen LogP) is 4.12. The Morgan fingerprint density at radius 2 is 1.62 bits per heavy atom. The molecule has 0 fully saturated rings. The number of nitrogens with zero attached hydrogens (tertiary/aromatic N) is 3. The fraction of sp³-hybridized carbons (Fsp3) is 0.0526. The zero-order valence-electron chi connectivity index (χ0n) is 13.8. The van der Waals surface area contributed by atoms with Gasteiger partial charge in [0.2, 0.25) is 5.78 Å². The molecule has 0 amide bonds. The number of sulfone groups is 1. The molecule has 0 radical (unpaired) electrons. The monoisotopic (exact) mass is 383 g/mol. The lowest BCUT2D eigenvalue weighted by Crippen LogP contribution is -1.96. The van der Waals surface area contributed by atoms with Crippen molar-refractivity contribution in [3.05, 3.63) is 72.0 Å². The van der Waals surface area contributed by atoms with E-state index in [1.807, 2.05) is 40.9 Å². The smallest absolute Gasteiger partial charge is 0.234 e. The Labute approximate surface area is 155 Å². The molecule has 0 unspecified atom stereocenters. The normalized spacial score (nSPS) is 11.8. The molecular weight excluding hydrogens is 370 g/mol. The van der Waals surface area contributed by atoms with Crippen LogP contribution in [0.15, 0.2) is 71.9 Å². The lowest BCUT2D eigenvalue weighted by Gasteiger charge is -2.06. The van der Waals surface area contributed by atoms with Crippen LogP contribution < -0.4 is 0 Å². The summed E-state index contributed by atoms with van der Waals surface area (Å²) in [4.78, 5) is 9.24. The summed E-state index contributed by atoms with van der Waals surface area (Å²) in [5.74, 6) is 0.569. The number of aromatic nitrogens is 3. The topological polar surface area (TPSA) is 64.3 Å². The van der Waals surface area contributed by atoms with Gasteiger partial charge in [0, 0.05) is 34.8 Å². The number of halogens is 1. The van der Waals surface area contributed by atoms with Crippen LogP contribution >= 0.6 is 11.6 Å². The lowest BCUT2D eigenvalue weighted by atomic mass is 10.0. The first-order valence-corrected chi connectivity index (χ1v) is 10.1. The Kier molecular flexibility index (Phi) is 4.01. The van der Waals surface area contributed by atoms with Crippen molar-refractivity contribution in [3.8, 4) is 22.5 Å². The highest BCUT2D eigenvalue weighted by Crippen LogP contribution is 2.33.